The Kier molecular flexibility index (Phi) is 3.65. The van der Waals surface area contributed by atoms with Gasteiger partial charge in [0.2, 0.25) is 9.84 Å². The van der Waals surface area contributed by atoms with Crippen molar-refractivity contribution in [3.8, 4) is 5.75 Å². The zero-order valence-electron chi connectivity index (χ0n) is 15.0. The number of hydrogen-bond donors (Lipinski definition) is 0. The van der Waals surface area contributed by atoms with Crippen LogP contribution in [0.1, 0.15) is 23.6 Å². The van der Waals surface area contributed by atoms with Crippen LogP contribution < -0.4 is 4.74 Å². The average molecular weight is 380 g/mol. The Hall–Kier alpha value is -2.60. The van der Waals surface area contributed by atoms with E-state index in [0.717, 1.165) is 18.5 Å². The van der Waals surface area contributed by atoms with Gasteiger partial charge in [-0.15, -0.1) is 0 Å². The molecule has 138 valence electrons. The van der Waals surface area contributed by atoms with E-state index >= 15 is 0 Å². The molecule has 1 aromatic heterocycles. The zero-order valence-corrected chi connectivity index (χ0v) is 15.8. The summed E-state index contributed by atoms with van der Waals surface area (Å²) in [5, 5.41) is 0.0758. The molecule has 3 heterocycles. The highest BCUT2D eigenvalue weighted by molar-refractivity contribution is 7.91. The summed E-state index contributed by atoms with van der Waals surface area (Å²) in [6.45, 7) is 3.37. The molecule has 1 aliphatic carbocycles. The van der Waals surface area contributed by atoms with Crippen LogP contribution >= 0.6 is 0 Å². The summed E-state index contributed by atoms with van der Waals surface area (Å²) in [4.78, 5) is 6.81. The van der Waals surface area contributed by atoms with Crippen LogP contribution in [0.4, 0.5) is 0 Å². The number of sulfone groups is 1. The molecule has 5 rings (SSSR count). The summed E-state index contributed by atoms with van der Waals surface area (Å²) in [5.41, 5.74) is 3.05. The number of likely N-dealkylation sites (tertiary alicyclic amines) is 1. The van der Waals surface area contributed by atoms with Crippen molar-refractivity contribution in [1.82, 2.24) is 9.88 Å². The van der Waals surface area contributed by atoms with Crippen molar-refractivity contribution >= 4 is 9.84 Å². The van der Waals surface area contributed by atoms with Gasteiger partial charge in [0.05, 0.1) is 10.9 Å². The Bertz CT molecular complexity index is 1090. The van der Waals surface area contributed by atoms with Crippen LogP contribution in [0.15, 0.2) is 70.2 Å². The Balaban J connectivity index is 1.48. The van der Waals surface area contributed by atoms with Crippen molar-refractivity contribution < 1.29 is 13.2 Å². The van der Waals surface area contributed by atoms with Crippen LogP contribution in [-0.4, -0.2) is 37.5 Å². The highest BCUT2D eigenvalue weighted by Crippen LogP contribution is 2.44. The fourth-order valence-corrected chi connectivity index (χ4v) is 5.47. The van der Waals surface area contributed by atoms with Crippen molar-refractivity contribution in [2.24, 2.45) is 0 Å². The lowest BCUT2D eigenvalue weighted by Gasteiger charge is -2.36. The van der Waals surface area contributed by atoms with E-state index < -0.39 is 9.84 Å². The molecule has 0 saturated carbocycles. The summed E-state index contributed by atoms with van der Waals surface area (Å²) in [7, 11) is -3.66. The molecule has 5 nitrogen and oxygen atoms in total. The Labute approximate surface area is 158 Å². The van der Waals surface area contributed by atoms with Gasteiger partial charge >= 0.3 is 0 Å². The number of allylic oxidation sites excluding steroid dienone is 3. The highest BCUT2D eigenvalue weighted by atomic mass is 32.2. The topological polar surface area (TPSA) is 59.5 Å². The fraction of sp³-hybridized carbons (Fsp3) is 0.286. The summed E-state index contributed by atoms with van der Waals surface area (Å²) in [6, 6.07) is 10.6. The quantitative estimate of drug-likeness (QED) is 0.818. The molecule has 2 aliphatic heterocycles. The van der Waals surface area contributed by atoms with E-state index in [9.17, 15) is 8.42 Å². The SMILES string of the molecule is Cc1cccc(S(=O)(=O)c2ccc3c(c2)OCC2C3CCN2C2=CC=C2)n1. The molecule has 2 unspecified atom stereocenters. The number of rotatable bonds is 3. The summed E-state index contributed by atoms with van der Waals surface area (Å²) >= 11 is 0. The van der Waals surface area contributed by atoms with Crippen LogP contribution in [-0.2, 0) is 9.84 Å². The highest BCUT2D eigenvalue weighted by Gasteiger charge is 2.41. The molecule has 3 aliphatic rings. The molecule has 0 bridgehead atoms. The van der Waals surface area contributed by atoms with E-state index in [2.05, 4.69) is 28.1 Å². The van der Waals surface area contributed by atoms with E-state index in [0.29, 0.717) is 30.0 Å². The first-order valence-corrected chi connectivity index (χ1v) is 10.6. The maximum atomic E-state index is 12.9. The van der Waals surface area contributed by atoms with E-state index in [1.807, 2.05) is 6.07 Å². The van der Waals surface area contributed by atoms with Gasteiger partial charge < -0.3 is 9.64 Å². The van der Waals surface area contributed by atoms with Crippen molar-refractivity contribution in [3.63, 3.8) is 0 Å². The third-order valence-corrected chi connectivity index (χ3v) is 7.31. The minimum absolute atomic E-state index is 0.0758. The number of aryl methyl sites for hydroxylation is 1. The summed E-state index contributed by atoms with van der Waals surface area (Å²) < 4.78 is 31.9. The van der Waals surface area contributed by atoms with Crippen LogP contribution in [0.25, 0.3) is 0 Å². The van der Waals surface area contributed by atoms with E-state index in [-0.39, 0.29) is 9.92 Å². The molecule has 2 atom stereocenters. The van der Waals surface area contributed by atoms with Crippen molar-refractivity contribution in [2.45, 2.75) is 35.2 Å². The molecular weight excluding hydrogens is 360 g/mol. The van der Waals surface area contributed by atoms with Crippen molar-refractivity contribution in [1.29, 1.82) is 0 Å². The van der Waals surface area contributed by atoms with Gasteiger partial charge in [-0.05, 0) is 55.3 Å². The second-order valence-corrected chi connectivity index (χ2v) is 9.13. The number of benzene rings is 1. The van der Waals surface area contributed by atoms with E-state index in [4.69, 9.17) is 4.74 Å². The number of hydrogen-bond acceptors (Lipinski definition) is 5. The standard InChI is InChI=1S/C21H20N2O3S/c1-14-4-2-7-21(22-14)27(24,25)16-8-9-18-17-10-11-23(15-5-3-6-15)19(17)13-26-20(18)12-16/h2-9,12,17,19H,10-11,13H2,1H3. The lowest BCUT2D eigenvalue weighted by molar-refractivity contribution is 0.174. The first kappa shape index (κ1) is 16.6. The average Bonchev–Trinajstić information content (AvgIpc) is 3.04. The minimum Gasteiger partial charge on any atom is -0.491 e. The number of pyridine rings is 1. The van der Waals surface area contributed by atoms with Crippen LogP contribution in [0, 0.1) is 6.92 Å². The van der Waals surface area contributed by atoms with Gasteiger partial charge in [-0.3, -0.25) is 0 Å². The number of fused-ring (bicyclic) bond motifs is 3. The Morgan fingerprint density at radius 3 is 2.81 bits per heavy atom. The van der Waals surface area contributed by atoms with Gasteiger partial charge in [0.15, 0.2) is 5.03 Å². The van der Waals surface area contributed by atoms with Crippen LogP contribution in [0.5, 0.6) is 5.75 Å². The normalized spacial score (nSPS) is 23.1. The molecule has 1 fully saturated rings. The number of aromatic nitrogens is 1. The van der Waals surface area contributed by atoms with Crippen LogP contribution in [0.3, 0.4) is 0 Å². The predicted molar refractivity (Wildman–Crippen MR) is 101 cm³/mol. The smallest absolute Gasteiger partial charge is 0.223 e. The maximum Gasteiger partial charge on any atom is 0.223 e. The Morgan fingerprint density at radius 1 is 1.22 bits per heavy atom. The third kappa shape index (κ3) is 2.58. The van der Waals surface area contributed by atoms with Crippen LogP contribution in [0.2, 0.25) is 0 Å². The van der Waals surface area contributed by atoms with Crippen molar-refractivity contribution in [3.05, 3.63) is 71.6 Å². The van der Waals surface area contributed by atoms with Gasteiger partial charge in [0, 0.05) is 23.9 Å². The summed E-state index contributed by atoms with van der Waals surface area (Å²) in [6.07, 6.45) is 7.36. The second kappa shape index (κ2) is 5.96. The molecule has 6 heteroatoms. The predicted octanol–water partition coefficient (Wildman–Crippen LogP) is 3.23. The molecule has 1 aromatic carbocycles. The maximum absolute atomic E-state index is 12.9. The number of nitrogens with zero attached hydrogens (tertiary/aromatic N) is 2. The lowest BCUT2D eigenvalue weighted by Crippen LogP contribution is -2.39. The monoisotopic (exact) mass is 380 g/mol. The van der Waals surface area contributed by atoms with Crippen molar-refractivity contribution in [2.75, 3.05) is 13.2 Å². The summed E-state index contributed by atoms with van der Waals surface area (Å²) in [5.74, 6) is 1.06. The van der Waals surface area contributed by atoms with Gasteiger partial charge in [0.1, 0.15) is 12.4 Å². The van der Waals surface area contributed by atoms with E-state index in [1.54, 1.807) is 31.2 Å². The molecule has 0 radical (unpaired) electrons. The van der Waals surface area contributed by atoms with E-state index in [1.165, 1.54) is 11.8 Å². The first-order chi connectivity index (χ1) is 13.0. The number of ether oxygens (including phenoxy) is 1. The molecule has 0 amide bonds. The molecule has 27 heavy (non-hydrogen) atoms. The fourth-order valence-electron chi connectivity index (χ4n) is 4.19. The molecular formula is C21H20N2O3S. The van der Waals surface area contributed by atoms with Gasteiger partial charge in [-0.1, -0.05) is 18.2 Å². The van der Waals surface area contributed by atoms with Gasteiger partial charge in [-0.25, -0.2) is 13.4 Å². The lowest BCUT2D eigenvalue weighted by atomic mass is 9.89. The third-order valence-electron chi connectivity index (χ3n) is 5.65. The largest absolute Gasteiger partial charge is 0.491 e. The molecule has 0 spiro atoms. The minimum atomic E-state index is -3.66. The molecule has 0 N–H and O–H groups in total. The first-order valence-electron chi connectivity index (χ1n) is 9.14. The zero-order chi connectivity index (χ0) is 18.6. The molecule has 1 saturated heterocycles. The van der Waals surface area contributed by atoms with Gasteiger partial charge in [0.25, 0.3) is 0 Å². The second-order valence-electron chi connectivity index (χ2n) is 7.24. The Morgan fingerprint density at radius 2 is 2.07 bits per heavy atom. The molecule has 2 aromatic rings. The van der Waals surface area contributed by atoms with Gasteiger partial charge in [-0.2, -0.15) is 0 Å².